The predicted octanol–water partition coefficient (Wildman–Crippen LogP) is 1.02. The van der Waals surface area contributed by atoms with Crippen LogP contribution >= 0.6 is 0 Å². The van der Waals surface area contributed by atoms with Crippen molar-refractivity contribution in [3.63, 3.8) is 0 Å². The molecule has 0 aromatic rings. The second-order valence-corrected chi connectivity index (χ2v) is 6.01. The maximum Gasteiger partial charge on any atom is 0.310 e. The zero-order chi connectivity index (χ0) is 11.9. The quantitative estimate of drug-likeness (QED) is 0.797. The van der Waals surface area contributed by atoms with Crippen LogP contribution in [0, 0.1) is 5.41 Å². The summed E-state index contributed by atoms with van der Waals surface area (Å²) in [5.74, 6) is -0.572. The molecule has 3 fully saturated rings. The SMILES string of the molecule is O=C(O)C1(CN2CCN3CCCC3C2)CCC1. The molecule has 0 aromatic heterocycles. The molecule has 1 saturated carbocycles. The second-order valence-electron chi connectivity index (χ2n) is 6.01. The van der Waals surface area contributed by atoms with Crippen LogP contribution in [-0.4, -0.2) is 59.6 Å². The highest BCUT2D eigenvalue weighted by molar-refractivity contribution is 5.76. The maximum atomic E-state index is 11.4. The van der Waals surface area contributed by atoms with Gasteiger partial charge in [-0.3, -0.25) is 14.6 Å². The third kappa shape index (κ3) is 1.97. The number of piperazine rings is 1. The summed E-state index contributed by atoms with van der Waals surface area (Å²) in [5, 5.41) is 9.36. The van der Waals surface area contributed by atoms with E-state index in [1.165, 1.54) is 19.4 Å². The number of carboxylic acid groups (broad SMARTS) is 1. The van der Waals surface area contributed by atoms with Gasteiger partial charge in [0.05, 0.1) is 5.41 Å². The fourth-order valence-corrected chi connectivity index (χ4v) is 3.67. The molecule has 2 heterocycles. The first-order chi connectivity index (χ1) is 8.20. The van der Waals surface area contributed by atoms with Crippen molar-refractivity contribution in [3.8, 4) is 0 Å². The van der Waals surface area contributed by atoms with E-state index in [0.29, 0.717) is 6.04 Å². The van der Waals surface area contributed by atoms with Gasteiger partial charge in [-0.25, -0.2) is 0 Å². The lowest BCUT2D eigenvalue weighted by Gasteiger charge is -2.45. The Morgan fingerprint density at radius 2 is 2.06 bits per heavy atom. The smallest absolute Gasteiger partial charge is 0.310 e. The highest BCUT2D eigenvalue weighted by Gasteiger charge is 2.46. The van der Waals surface area contributed by atoms with E-state index in [1.807, 2.05) is 0 Å². The van der Waals surface area contributed by atoms with E-state index >= 15 is 0 Å². The minimum atomic E-state index is -0.572. The summed E-state index contributed by atoms with van der Waals surface area (Å²) in [6, 6.07) is 0.703. The molecule has 96 valence electrons. The number of rotatable bonds is 3. The zero-order valence-electron chi connectivity index (χ0n) is 10.4. The largest absolute Gasteiger partial charge is 0.481 e. The average Bonchev–Trinajstić information content (AvgIpc) is 2.69. The number of hydrogen-bond donors (Lipinski definition) is 1. The molecule has 4 heteroatoms. The van der Waals surface area contributed by atoms with Crippen molar-refractivity contribution in [1.82, 2.24) is 9.80 Å². The summed E-state index contributed by atoms with van der Waals surface area (Å²) >= 11 is 0. The molecule has 1 atom stereocenters. The van der Waals surface area contributed by atoms with E-state index in [-0.39, 0.29) is 0 Å². The molecule has 2 aliphatic heterocycles. The molecule has 17 heavy (non-hydrogen) atoms. The van der Waals surface area contributed by atoms with Gasteiger partial charge < -0.3 is 5.11 Å². The van der Waals surface area contributed by atoms with Crippen molar-refractivity contribution >= 4 is 5.97 Å². The third-order valence-corrected chi connectivity index (χ3v) is 4.96. The van der Waals surface area contributed by atoms with Crippen LogP contribution in [0.3, 0.4) is 0 Å². The number of nitrogens with zero attached hydrogens (tertiary/aromatic N) is 2. The average molecular weight is 238 g/mol. The van der Waals surface area contributed by atoms with Gasteiger partial charge in [-0.2, -0.15) is 0 Å². The molecule has 0 radical (unpaired) electrons. The fraction of sp³-hybridized carbons (Fsp3) is 0.923. The van der Waals surface area contributed by atoms with E-state index in [1.54, 1.807) is 0 Å². The normalized spacial score (nSPS) is 33.1. The summed E-state index contributed by atoms with van der Waals surface area (Å²) in [7, 11) is 0. The van der Waals surface area contributed by atoms with Crippen LogP contribution < -0.4 is 0 Å². The molecule has 3 aliphatic rings. The van der Waals surface area contributed by atoms with Crippen LogP contribution in [0.4, 0.5) is 0 Å². The Morgan fingerprint density at radius 1 is 1.24 bits per heavy atom. The Labute approximate surface area is 103 Å². The first-order valence-corrected chi connectivity index (χ1v) is 6.89. The van der Waals surface area contributed by atoms with E-state index in [0.717, 1.165) is 45.4 Å². The van der Waals surface area contributed by atoms with Crippen LogP contribution in [0.1, 0.15) is 32.1 Å². The van der Waals surface area contributed by atoms with Gasteiger partial charge in [-0.1, -0.05) is 6.42 Å². The predicted molar refractivity (Wildman–Crippen MR) is 65.0 cm³/mol. The third-order valence-electron chi connectivity index (χ3n) is 4.96. The van der Waals surface area contributed by atoms with Gasteiger partial charge >= 0.3 is 5.97 Å². The molecule has 2 saturated heterocycles. The first-order valence-electron chi connectivity index (χ1n) is 6.89. The topological polar surface area (TPSA) is 43.8 Å². The molecular formula is C13H22N2O2. The molecule has 3 rings (SSSR count). The van der Waals surface area contributed by atoms with Gasteiger partial charge in [0.15, 0.2) is 0 Å². The van der Waals surface area contributed by atoms with Crippen LogP contribution in [0.2, 0.25) is 0 Å². The Hall–Kier alpha value is -0.610. The Morgan fingerprint density at radius 3 is 2.71 bits per heavy atom. The number of hydrogen-bond acceptors (Lipinski definition) is 3. The minimum Gasteiger partial charge on any atom is -0.481 e. The number of carboxylic acids is 1. The number of carbonyl (C=O) groups is 1. The highest BCUT2D eigenvalue weighted by atomic mass is 16.4. The van der Waals surface area contributed by atoms with Crippen molar-refractivity contribution in [2.24, 2.45) is 5.41 Å². The molecule has 1 N–H and O–H groups in total. The lowest BCUT2D eigenvalue weighted by molar-refractivity contribution is -0.156. The first kappa shape index (κ1) is 11.5. The Kier molecular flexibility index (Phi) is 2.87. The van der Waals surface area contributed by atoms with Crippen molar-refractivity contribution in [1.29, 1.82) is 0 Å². The summed E-state index contributed by atoms with van der Waals surface area (Å²) in [6.07, 6.45) is 5.48. The highest BCUT2D eigenvalue weighted by Crippen LogP contribution is 2.42. The van der Waals surface area contributed by atoms with Gasteiger partial charge in [0.2, 0.25) is 0 Å². The number of fused-ring (bicyclic) bond motifs is 1. The lowest BCUT2D eigenvalue weighted by atomic mass is 9.68. The Bertz CT molecular complexity index is 315. The Balaban J connectivity index is 1.60. The standard InChI is InChI=1S/C13H22N2O2/c16-12(17)13(4-2-5-13)10-14-7-8-15-6-1-3-11(15)9-14/h11H,1-10H2,(H,16,17). The lowest BCUT2D eigenvalue weighted by Crippen LogP contribution is -2.55. The van der Waals surface area contributed by atoms with Gasteiger partial charge in [0.1, 0.15) is 0 Å². The van der Waals surface area contributed by atoms with Crippen molar-refractivity contribution in [2.45, 2.75) is 38.1 Å². The number of aliphatic carboxylic acids is 1. The molecule has 0 spiro atoms. The summed E-state index contributed by atoms with van der Waals surface area (Å²) in [6.45, 7) is 5.33. The van der Waals surface area contributed by atoms with Crippen molar-refractivity contribution < 1.29 is 9.90 Å². The van der Waals surface area contributed by atoms with Gasteiger partial charge in [-0.15, -0.1) is 0 Å². The van der Waals surface area contributed by atoms with Crippen LogP contribution in [0.5, 0.6) is 0 Å². The van der Waals surface area contributed by atoms with E-state index < -0.39 is 11.4 Å². The molecule has 0 bridgehead atoms. The maximum absolute atomic E-state index is 11.4. The van der Waals surface area contributed by atoms with Gasteiger partial charge in [0, 0.05) is 32.2 Å². The molecular weight excluding hydrogens is 216 g/mol. The molecule has 1 aliphatic carbocycles. The second kappa shape index (κ2) is 4.25. The molecule has 1 unspecified atom stereocenters. The molecule has 4 nitrogen and oxygen atoms in total. The van der Waals surface area contributed by atoms with Crippen LogP contribution in [0.15, 0.2) is 0 Å². The summed E-state index contributed by atoms with van der Waals surface area (Å²) in [4.78, 5) is 16.3. The molecule has 0 amide bonds. The summed E-state index contributed by atoms with van der Waals surface area (Å²) < 4.78 is 0. The zero-order valence-corrected chi connectivity index (χ0v) is 10.4. The minimum absolute atomic E-state index is 0.402. The van der Waals surface area contributed by atoms with E-state index in [4.69, 9.17) is 0 Å². The van der Waals surface area contributed by atoms with E-state index in [2.05, 4.69) is 9.80 Å². The van der Waals surface area contributed by atoms with Gasteiger partial charge in [-0.05, 0) is 32.2 Å². The van der Waals surface area contributed by atoms with E-state index in [9.17, 15) is 9.90 Å². The molecule has 0 aromatic carbocycles. The fourth-order valence-electron chi connectivity index (χ4n) is 3.67. The monoisotopic (exact) mass is 238 g/mol. The van der Waals surface area contributed by atoms with Crippen molar-refractivity contribution in [2.75, 3.05) is 32.7 Å². The summed E-state index contributed by atoms with van der Waals surface area (Å²) in [5.41, 5.74) is -0.402. The van der Waals surface area contributed by atoms with Crippen molar-refractivity contribution in [3.05, 3.63) is 0 Å². The van der Waals surface area contributed by atoms with Crippen LogP contribution in [-0.2, 0) is 4.79 Å². The van der Waals surface area contributed by atoms with Crippen LogP contribution in [0.25, 0.3) is 0 Å². The van der Waals surface area contributed by atoms with Gasteiger partial charge in [0.25, 0.3) is 0 Å².